The first-order valence-corrected chi connectivity index (χ1v) is 18.4. The van der Waals surface area contributed by atoms with Gasteiger partial charge in [-0.25, -0.2) is 0 Å². The Morgan fingerprint density at radius 2 is 0.623 bits per heavy atom. The van der Waals surface area contributed by atoms with Gasteiger partial charge in [0.15, 0.2) is 0 Å². The van der Waals surface area contributed by atoms with Gasteiger partial charge in [-0.05, 0) is 78.6 Å². The van der Waals surface area contributed by atoms with Crippen LogP contribution in [0.2, 0.25) is 0 Å². The van der Waals surface area contributed by atoms with Crippen molar-refractivity contribution in [3.63, 3.8) is 0 Å². The molecule has 11 rings (SSSR count). The van der Waals surface area contributed by atoms with E-state index in [4.69, 9.17) is 0 Å². The largest absolute Gasteiger partial charge is 0.307 e. The van der Waals surface area contributed by atoms with Crippen LogP contribution in [0.15, 0.2) is 176 Å². The predicted octanol–water partition coefficient (Wildman–Crippen LogP) is 13.3. The van der Waals surface area contributed by atoms with Crippen LogP contribution in [0.25, 0.3) is 93.6 Å². The average Bonchev–Trinajstić information content (AvgIpc) is 3.84. The van der Waals surface area contributed by atoms with E-state index in [1.807, 2.05) is 0 Å². The van der Waals surface area contributed by atoms with Crippen molar-refractivity contribution in [3.8, 4) is 28.2 Å². The molecule has 0 saturated carbocycles. The fraction of sp³-hybridized carbons (Fsp3) is 0.0400. The fourth-order valence-corrected chi connectivity index (χ4v) is 9.07. The SMILES string of the molecule is Cc1ccccc1-c1cc(-n2c3ccccc3c3ccccc32)c(-n2c3ccccc3c3ccccc32)c(-n2c3ccccc3c3ccccc32)c1C. The molecule has 3 aromatic heterocycles. The van der Waals surface area contributed by atoms with Gasteiger partial charge in [0, 0.05) is 32.3 Å². The maximum absolute atomic E-state index is 2.54. The number of para-hydroxylation sites is 6. The van der Waals surface area contributed by atoms with Crippen LogP contribution in [0.5, 0.6) is 0 Å². The van der Waals surface area contributed by atoms with E-state index in [0.717, 1.165) is 11.4 Å². The number of hydrogen-bond donors (Lipinski definition) is 0. The molecule has 3 nitrogen and oxygen atoms in total. The summed E-state index contributed by atoms with van der Waals surface area (Å²) in [5.74, 6) is 0. The van der Waals surface area contributed by atoms with Crippen LogP contribution in [-0.4, -0.2) is 13.7 Å². The molecule has 0 unspecified atom stereocenters. The normalized spacial score (nSPS) is 12.0. The number of nitrogens with zero attached hydrogens (tertiary/aromatic N) is 3. The van der Waals surface area contributed by atoms with E-state index in [0.29, 0.717) is 0 Å². The van der Waals surface area contributed by atoms with E-state index in [-0.39, 0.29) is 0 Å². The standard InChI is InChI=1S/C50H35N3/c1-32-17-3-4-18-34(32)41-31-48(51-42-25-11-5-19-35(42)36-20-6-12-26-43(36)51)50(53-46-29-15-9-23-39(46)40-24-10-16-30-47(40)53)49(33(41)2)52-44-27-13-7-21-37(44)38-22-8-14-28-45(38)52/h3-31H,1-2H3. The Morgan fingerprint density at radius 3 is 1.02 bits per heavy atom. The molecule has 0 bridgehead atoms. The van der Waals surface area contributed by atoms with Crippen molar-refractivity contribution in [2.45, 2.75) is 13.8 Å². The Balaban J connectivity index is 1.46. The second-order valence-corrected chi connectivity index (χ2v) is 14.2. The zero-order chi connectivity index (χ0) is 35.2. The lowest BCUT2D eigenvalue weighted by molar-refractivity contribution is 1.04. The second kappa shape index (κ2) is 11.3. The van der Waals surface area contributed by atoms with Gasteiger partial charge < -0.3 is 13.7 Å². The maximum atomic E-state index is 2.54. The number of rotatable bonds is 4. The van der Waals surface area contributed by atoms with Gasteiger partial charge in [-0.1, -0.05) is 133 Å². The summed E-state index contributed by atoms with van der Waals surface area (Å²) in [4.78, 5) is 0. The molecule has 0 fully saturated rings. The van der Waals surface area contributed by atoms with E-state index in [9.17, 15) is 0 Å². The average molecular weight is 678 g/mol. The van der Waals surface area contributed by atoms with Crippen LogP contribution in [0.4, 0.5) is 0 Å². The van der Waals surface area contributed by atoms with E-state index in [1.54, 1.807) is 0 Å². The highest BCUT2D eigenvalue weighted by molar-refractivity contribution is 6.14. The molecule has 8 aromatic carbocycles. The van der Waals surface area contributed by atoms with Gasteiger partial charge in [0.1, 0.15) is 0 Å². The molecule has 0 N–H and O–H groups in total. The van der Waals surface area contributed by atoms with Crippen LogP contribution in [0.3, 0.4) is 0 Å². The molecule has 0 spiro atoms. The molecule has 0 atom stereocenters. The van der Waals surface area contributed by atoms with Crippen LogP contribution in [0, 0.1) is 13.8 Å². The third kappa shape index (κ3) is 4.16. The lowest BCUT2D eigenvalue weighted by Crippen LogP contribution is -2.12. The summed E-state index contributed by atoms with van der Waals surface area (Å²) in [6.45, 7) is 4.56. The van der Waals surface area contributed by atoms with Gasteiger partial charge in [0.2, 0.25) is 0 Å². The molecular weight excluding hydrogens is 643 g/mol. The van der Waals surface area contributed by atoms with E-state index in [1.165, 1.54) is 93.4 Å². The Hall–Kier alpha value is -6.84. The minimum Gasteiger partial charge on any atom is -0.307 e. The number of aryl methyl sites for hydroxylation is 1. The van der Waals surface area contributed by atoms with Crippen LogP contribution in [-0.2, 0) is 0 Å². The van der Waals surface area contributed by atoms with E-state index < -0.39 is 0 Å². The summed E-state index contributed by atoms with van der Waals surface area (Å²) < 4.78 is 7.59. The zero-order valence-electron chi connectivity index (χ0n) is 29.6. The van der Waals surface area contributed by atoms with Gasteiger partial charge in [-0.3, -0.25) is 0 Å². The number of aromatic nitrogens is 3. The lowest BCUT2D eigenvalue weighted by atomic mass is 9.93. The van der Waals surface area contributed by atoms with E-state index >= 15 is 0 Å². The quantitative estimate of drug-likeness (QED) is 0.176. The Morgan fingerprint density at radius 1 is 0.302 bits per heavy atom. The number of benzene rings is 8. The first-order valence-electron chi connectivity index (χ1n) is 18.4. The molecule has 0 aliphatic carbocycles. The monoisotopic (exact) mass is 677 g/mol. The summed E-state index contributed by atoms with van der Waals surface area (Å²) in [6, 6.07) is 64.5. The maximum Gasteiger partial charge on any atom is 0.0950 e. The molecule has 0 aliphatic rings. The van der Waals surface area contributed by atoms with E-state index in [2.05, 4.69) is 203 Å². The molecule has 0 radical (unpaired) electrons. The third-order valence-electron chi connectivity index (χ3n) is 11.4. The van der Waals surface area contributed by atoms with Crippen LogP contribution in [0.1, 0.15) is 11.1 Å². The summed E-state index contributed by atoms with van der Waals surface area (Å²) in [7, 11) is 0. The van der Waals surface area contributed by atoms with Gasteiger partial charge in [-0.15, -0.1) is 0 Å². The molecule has 11 aromatic rings. The number of hydrogen-bond acceptors (Lipinski definition) is 0. The smallest absolute Gasteiger partial charge is 0.0950 e. The minimum absolute atomic E-state index is 1.13. The van der Waals surface area contributed by atoms with Crippen molar-refractivity contribution in [1.29, 1.82) is 0 Å². The molecule has 3 heterocycles. The number of fused-ring (bicyclic) bond motifs is 9. The van der Waals surface area contributed by atoms with Gasteiger partial charge in [0.25, 0.3) is 0 Å². The second-order valence-electron chi connectivity index (χ2n) is 14.2. The van der Waals surface area contributed by atoms with Gasteiger partial charge in [-0.2, -0.15) is 0 Å². The first kappa shape index (κ1) is 29.8. The van der Waals surface area contributed by atoms with Crippen LogP contribution < -0.4 is 0 Å². The van der Waals surface area contributed by atoms with Crippen molar-refractivity contribution >= 4 is 65.4 Å². The summed E-state index contributed by atoms with van der Waals surface area (Å²) in [5.41, 5.74) is 15.5. The highest BCUT2D eigenvalue weighted by atomic mass is 15.1. The molecule has 0 aliphatic heterocycles. The van der Waals surface area contributed by atoms with Gasteiger partial charge >= 0.3 is 0 Å². The molecule has 3 heteroatoms. The summed E-state index contributed by atoms with van der Waals surface area (Å²) in [6.07, 6.45) is 0. The van der Waals surface area contributed by atoms with Crippen LogP contribution >= 0.6 is 0 Å². The zero-order valence-corrected chi connectivity index (χ0v) is 29.6. The minimum atomic E-state index is 1.13. The van der Waals surface area contributed by atoms with Crippen molar-refractivity contribution in [2.24, 2.45) is 0 Å². The first-order chi connectivity index (χ1) is 26.2. The summed E-state index contributed by atoms with van der Waals surface area (Å²) >= 11 is 0. The molecule has 53 heavy (non-hydrogen) atoms. The highest BCUT2D eigenvalue weighted by Crippen LogP contribution is 2.46. The van der Waals surface area contributed by atoms with Crippen molar-refractivity contribution < 1.29 is 0 Å². The fourth-order valence-electron chi connectivity index (χ4n) is 9.07. The Kier molecular flexibility index (Phi) is 6.38. The highest BCUT2D eigenvalue weighted by Gasteiger charge is 2.28. The van der Waals surface area contributed by atoms with Crippen molar-refractivity contribution in [1.82, 2.24) is 13.7 Å². The Labute approximate surface area is 307 Å². The summed E-state index contributed by atoms with van der Waals surface area (Å²) in [5, 5.41) is 7.46. The lowest BCUT2D eigenvalue weighted by Gasteiger charge is -2.26. The molecule has 0 amide bonds. The van der Waals surface area contributed by atoms with Crippen molar-refractivity contribution in [3.05, 3.63) is 187 Å². The predicted molar refractivity (Wildman–Crippen MR) is 224 cm³/mol. The molecular formula is C50H35N3. The molecule has 250 valence electrons. The Bertz CT molecular complexity index is 3100. The topological polar surface area (TPSA) is 14.8 Å². The van der Waals surface area contributed by atoms with Crippen molar-refractivity contribution in [2.75, 3.05) is 0 Å². The molecule has 0 saturated heterocycles. The third-order valence-corrected chi connectivity index (χ3v) is 11.4. The van der Waals surface area contributed by atoms with Gasteiger partial charge in [0.05, 0.1) is 50.2 Å².